The van der Waals surface area contributed by atoms with Gasteiger partial charge in [-0.1, -0.05) is 20.3 Å². The normalized spacial score (nSPS) is 24.1. The third-order valence-electron chi connectivity index (χ3n) is 3.74. The van der Waals surface area contributed by atoms with Gasteiger partial charge in [0.1, 0.15) is 0 Å². The van der Waals surface area contributed by atoms with E-state index in [0.717, 1.165) is 25.6 Å². The number of carbonyl (C=O) groups excluding carboxylic acids is 1. The van der Waals surface area contributed by atoms with Crippen LogP contribution in [-0.4, -0.2) is 37.1 Å². The second kappa shape index (κ2) is 7.70. The van der Waals surface area contributed by atoms with E-state index in [-0.39, 0.29) is 11.9 Å². The Labute approximate surface area is 106 Å². The van der Waals surface area contributed by atoms with Crippen molar-refractivity contribution in [3.05, 3.63) is 0 Å². The van der Waals surface area contributed by atoms with Crippen LogP contribution in [0.2, 0.25) is 0 Å². The van der Waals surface area contributed by atoms with E-state index in [4.69, 9.17) is 4.74 Å². The molecule has 1 fully saturated rings. The zero-order chi connectivity index (χ0) is 12.7. The Kier molecular flexibility index (Phi) is 6.56. The Bertz CT molecular complexity index is 230. The fraction of sp³-hybridized carbons (Fsp3) is 0.929. The standard InChI is InChI=1S/C14H27NO2/c1-4-13-7-6-9-15(10-8-13)11-12(3)14(16)17-5-2/h12-13H,4-11H2,1-3H3. The fourth-order valence-electron chi connectivity index (χ4n) is 2.56. The monoisotopic (exact) mass is 241 g/mol. The Morgan fingerprint density at radius 2 is 2.12 bits per heavy atom. The number of hydrogen-bond acceptors (Lipinski definition) is 3. The Hall–Kier alpha value is -0.570. The Morgan fingerprint density at radius 3 is 2.76 bits per heavy atom. The average molecular weight is 241 g/mol. The molecule has 1 aliphatic heterocycles. The minimum absolute atomic E-state index is 0.00752. The van der Waals surface area contributed by atoms with Crippen LogP contribution in [0.25, 0.3) is 0 Å². The highest BCUT2D eigenvalue weighted by Gasteiger charge is 2.21. The van der Waals surface area contributed by atoms with E-state index in [1.165, 1.54) is 25.7 Å². The number of likely N-dealkylation sites (tertiary alicyclic amines) is 1. The van der Waals surface area contributed by atoms with Gasteiger partial charge in [-0.25, -0.2) is 0 Å². The van der Waals surface area contributed by atoms with E-state index in [1.54, 1.807) is 0 Å². The number of ether oxygens (including phenoxy) is 1. The van der Waals surface area contributed by atoms with Crippen molar-refractivity contribution in [1.29, 1.82) is 0 Å². The maximum Gasteiger partial charge on any atom is 0.309 e. The van der Waals surface area contributed by atoms with Crippen molar-refractivity contribution in [2.45, 2.75) is 46.5 Å². The second-order valence-corrected chi connectivity index (χ2v) is 5.16. The van der Waals surface area contributed by atoms with Crippen molar-refractivity contribution in [2.75, 3.05) is 26.2 Å². The predicted octanol–water partition coefficient (Wildman–Crippen LogP) is 2.70. The first-order chi connectivity index (χ1) is 8.17. The lowest BCUT2D eigenvalue weighted by Crippen LogP contribution is -2.33. The number of carbonyl (C=O) groups is 1. The van der Waals surface area contributed by atoms with E-state index in [9.17, 15) is 4.79 Å². The zero-order valence-electron chi connectivity index (χ0n) is 11.6. The Balaban J connectivity index is 2.33. The topological polar surface area (TPSA) is 29.5 Å². The lowest BCUT2D eigenvalue weighted by Gasteiger charge is -2.23. The van der Waals surface area contributed by atoms with Crippen LogP contribution in [0.3, 0.4) is 0 Å². The van der Waals surface area contributed by atoms with Crippen LogP contribution in [0, 0.1) is 11.8 Å². The molecule has 0 aromatic heterocycles. The number of esters is 1. The van der Waals surface area contributed by atoms with Gasteiger partial charge in [-0.2, -0.15) is 0 Å². The van der Waals surface area contributed by atoms with Gasteiger partial charge in [0.05, 0.1) is 12.5 Å². The third kappa shape index (κ3) is 5.07. The van der Waals surface area contributed by atoms with Crippen molar-refractivity contribution in [2.24, 2.45) is 11.8 Å². The largest absolute Gasteiger partial charge is 0.466 e. The summed E-state index contributed by atoms with van der Waals surface area (Å²) < 4.78 is 5.05. The summed E-state index contributed by atoms with van der Waals surface area (Å²) in [5.74, 6) is 0.842. The van der Waals surface area contributed by atoms with Crippen LogP contribution in [0.4, 0.5) is 0 Å². The van der Waals surface area contributed by atoms with Gasteiger partial charge in [-0.15, -0.1) is 0 Å². The summed E-state index contributed by atoms with van der Waals surface area (Å²) in [5, 5.41) is 0. The number of hydrogen-bond donors (Lipinski definition) is 0. The molecule has 17 heavy (non-hydrogen) atoms. The smallest absolute Gasteiger partial charge is 0.309 e. The van der Waals surface area contributed by atoms with Crippen LogP contribution >= 0.6 is 0 Å². The van der Waals surface area contributed by atoms with Crippen molar-refractivity contribution in [1.82, 2.24) is 4.90 Å². The Morgan fingerprint density at radius 1 is 1.35 bits per heavy atom. The van der Waals surface area contributed by atoms with Gasteiger partial charge in [-0.3, -0.25) is 4.79 Å². The predicted molar refractivity (Wildman–Crippen MR) is 69.9 cm³/mol. The van der Waals surface area contributed by atoms with Crippen LogP contribution in [-0.2, 0) is 9.53 Å². The van der Waals surface area contributed by atoms with Gasteiger partial charge in [0.25, 0.3) is 0 Å². The summed E-state index contributed by atoms with van der Waals surface area (Å²) >= 11 is 0. The maximum absolute atomic E-state index is 11.6. The molecule has 1 rings (SSSR count). The average Bonchev–Trinajstić information content (AvgIpc) is 2.54. The summed E-state index contributed by atoms with van der Waals surface area (Å²) in [4.78, 5) is 14.0. The first-order valence-corrected chi connectivity index (χ1v) is 7.06. The van der Waals surface area contributed by atoms with Gasteiger partial charge in [0.15, 0.2) is 0 Å². The summed E-state index contributed by atoms with van der Waals surface area (Å²) in [5.41, 5.74) is 0. The molecule has 3 heteroatoms. The molecule has 0 spiro atoms. The number of nitrogens with zero attached hydrogens (tertiary/aromatic N) is 1. The first kappa shape index (κ1) is 14.5. The molecule has 0 radical (unpaired) electrons. The highest BCUT2D eigenvalue weighted by molar-refractivity contribution is 5.72. The molecule has 0 saturated carbocycles. The SMILES string of the molecule is CCOC(=O)C(C)CN1CCCC(CC)CC1. The fourth-order valence-corrected chi connectivity index (χ4v) is 2.56. The minimum atomic E-state index is -0.0520. The summed E-state index contributed by atoms with van der Waals surface area (Å²) in [6.07, 6.45) is 5.20. The highest BCUT2D eigenvalue weighted by Crippen LogP contribution is 2.20. The molecule has 1 aliphatic rings. The molecule has 2 atom stereocenters. The van der Waals surface area contributed by atoms with Gasteiger partial charge in [-0.05, 0) is 45.2 Å². The van der Waals surface area contributed by atoms with Gasteiger partial charge in [0.2, 0.25) is 0 Å². The lowest BCUT2D eigenvalue weighted by atomic mass is 9.98. The molecule has 0 aliphatic carbocycles. The second-order valence-electron chi connectivity index (χ2n) is 5.16. The third-order valence-corrected chi connectivity index (χ3v) is 3.74. The molecule has 1 heterocycles. The highest BCUT2D eigenvalue weighted by atomic mass is 16.5. The van der Waals surface area contributed by atoms with Crippen molar-refractivity contribution in [3.8, 4) is 0 Å². The van der Waals surface area contributed by atoms with Gasteiger partial charge >= 0.3 is 5.97 Å². The minimum Gasteiger partial charge on any atom is -0.466 e. The number of rotatable bonds is 5. The van der Waals surface area contributed by atoms with E-state index in [1.807, 2.05) is 13.8 Å². The molecule has 1 saturated heterocycles. The molecule has 0 bridgehead atoms. The van der Waals surface area contributed by atoms with Crippen LogP contribution in [0.5, 0.6) is 0 Å². The van der Waals surface area contributed by atoms with Crippen molar-refractivity contribution in [3.63, 3.8) is 0 Å². The van der Waals surface area contributed by atoms with E-state index >= 15 is 0 Å². The maximum atomic E-state index is 11.6. The first-order valence-electron chi connectivity index (χ1n) is 7.06. The van der Waals surface area contributed by atoms with E-state index < -0.39 is 0 Å². The molecule has 0 N–H and O–H groups in total. The molecule has 0 aromatic carbocycles. The van der Waals surface area contributed by atoms with E-state index in [2.05, 4.69) is 11.8 Å². The summed E-state index contributed by atoms with van der Waals surface area (Å²) in [6.45, 7) is 9.74. The molecule has 0 aromatic rings. The molecule has 0 amide bonds. The molecule has 100 valence electrons. The van der Waals surface area contributed by atoms with Crippen molar-refractivity contribution >= 4 is 5.97 Å². The van der Waals surface area contributed by atoms with E-state index in [0.29, 0.717) is 6.61 Å². The van der Waals surface area contributed by atoms with Crippen LogP contribution in [0.1, 0.15) is 46.5 Å². The summed E-state index contributed by atoms with van der Waals surface area (Å²) in [7, 11) is 0. The lowest BCUT2D eigenvalue weighted by molar-refractivity contribution is -0.148. The van der Waals surface area contributed by atoms with Gasteiger partial charge in [0, 0.05) is 6.54 Å². The molecular weight excluding hydrogens is 214 g/mol. The van der Waals surface area contributed by atoms with Crippen LogP contribution in [0.15, 0.2) is 0 Å². The molecule has 2 unspecified atom stereocenters. The summed E-state index contributed by atoms with van der Waals surface area (Å²) in [6, 6.07) is 0. The zero-order valence-corrected chi connectivity index (χ0v) is 11.6. The van der Waals surface area contributed by atoms with Crippen molar-refractivity contribution < 1.29 is 9.53 Å². The quantitative estimate of drug-likeness (QED) is 0.693. The van der Waals surface area contributed by atoms with Crippen LogP contribution < -0.4 is 0 Å². The van der Waals surface area contributed by atoms with Gasteiger partial charge < -0.3 is 9.64 Å². The molecular formula is C14H27NO2. The molecule has 3 nitrogen and oxygen atoms in total.